The average Bonchev–Trinajstić information content (AvgIpc) is 2.57. The van der Waals surface area contributed by atoms with E-state index in [0.717, 1.165) is 5.75 Å². The van der Waals surface area contributed by atoms with Crippen molar-refractivity contribution in [3.8, 4) is 5.75 Å². The van der Waals surface area contributed by atoms with Gasteiger partial charge in [0.05, 0.1) is 4.83 Å². The molecule has 1 aromatic rings. The van der Waals surface area contributed by atoms with Crippen LogP contribution < -0.4 is 4.74 Å². The van der Waals surface area contributed by atoms with Crippen LogP contribution in [0.25, 0.3) is 0 Å². The highest BCUT2D eigenvalue weighted by atomic mass is 79.9. The van der Waals surface area contributed by atoms with Crippen LogP contribution in [0.4, 0.5) is 0 Å². The van der Waals surface area contributed by atoms with E-state index in [1.165, 1.54) is 70.6 Å². The first-order valence-electron chi connectivity index (χ1n) is 9.94. The standard InChI is InChI=1S/C22H37BrO/c1-4-5-6-7-8-9-10-11-12-16-19-21(23)22(2,3)24-20-17-14-13-15-18-20/h13-15,17-18,21H,4-12,16,19H2,1-3H3. The van der Waals surface area contributed by atoms with Crippen LogP contribution in [0, 0.1) is 0 Å². The molecule has 0 fully saturated rings. The molecule has 138 valence electrons. The van der Waals surface area contributed by atoms with Crippen molar-refractivity contribution in [2.45, 2.75) is 102 Å². The van der Waals surface area contributed by atoms with Crippen LogP contribution in [0.5, 0.6) is 5.75 Å². The lowest BCUT2D eigenvalue weighted by molar-refractivity contribution is 0.105. The second kappa shape index (κ2) is 12.8. The molecule has 0 aliphatic carbocycles. The van der Waals surface area contributed by atoms with E-state index >= 15 is 0 Å². The SMILES string of the molecule is CCCCCCCCCCCCC(Br)C(C)(C)Oc1ccccc1. The van der Waals surface area contributed by atoms with Gasteiger partial charge in [-0.2, -0.15) is 0 Å². The third-order valence-electron chi connectivity index (χ3n) is 4.69. The van der Waals surface area contributed by atoms with E-state index in [9.17, 15) is 0 Å². The Balaban J connectivity index is 2.07. The van der Waals surface area contributed by atoms with Crippen molar-refractivity contribution in [2.24, 2.45) is 0 Å². The molecule has 1 aromatic carbocycles. The number of halogens is 1. The summed E-state index contributed by atoms with van der Waals surface area (Å²) >= 11 is 3.85. The lowest BCUT2D eigenvalue weighted by atomic mass is 9.98. The summed E-state index contributed by atoms with van der Waals surface area (Å²) in [5, 5.41) is 0. The highest BCUT2D eigenvalue weighted by molar-refractivity contribution is 9.09. The molecule has 0 aromatic heterocycles. The fraction of sp³-hybridized carbons (Fsp3) is 0.727. The molecule has 1 nitrogen and oxygen atoms in total. The summed E-state index contributed by atoms with van der Waals surface area (Å²) in [6.07, 6.45) is 15.1. The third-order valence-corrected chi connectivity index (χ3v) is 6.25. The highest BCUT2D eigenvalue weighted by Gasteiger charge is 2.29. The van der Waals surface area contributed by atoms with Crippen LogP contribution in [-0.4, -0.2) is 10.4 Å². The molecule has 1 atom stereocenters. The number of alkyl halides is 1. The van der Waals surface area contributed by atoms with Crippen LogP contribution in [0.1, 0.15) is 91.4 Å². The van der Waals surface area contributed by atoms with Crippen LogP contribution in [0.15, 0.2) is 30.3 Å². The fourth-order valence-electron chi connectivity index (χ4n) is 3.01. The molecule has 24 heavy (non-hydrogen) atoms. The van der Waals surface area contributed by atoms with Crippen molar-refractivity contribution in [2.75, 3.05) is 0 Å². The van der Waals surface area contributed by atoms with Gasteiger partial charge in [0.2, 0.25) is 0 Å². The molecule has 0 amide bonds. The van der Waals surface area contributed by atoms with E-state index < -0.39 is 0 Å². The van der Waals surface area contributed by atoms with Crippen molar-refractivity contribution < 1.29 is 4.74 Å². The van der Waals surface area contributed by atoms with Crippen LogP contribution >= 0.6 is 15.9 Å². The second-order valence-electron chi connectivity index (χ2n) is 7.46. The van der Waals surface area contributed by atoms with Gasteiger partial charge < -0.3 is 4.74 Å². The first-order valence-corrected chi connectivity index (χ1v) is 10.9. The molecule has 0 spiro atoms. The first-order chi connectivity index (χ1) is 11.6. The molecule has 0 saturated carbocycles. The Hall–Kier alpha value is -0.500. The van der Waals surface area contributed by atoms with Gasteiger partial charge in [-0.15, -0.1) is 0 Å². The number of rotatable bonds is 14. The molecule has 0 aliphatic rings. The van der Waals surface area contributed by atoms with Gasteiger partial charge in [-0.3, -0.25) is 0 Å². The lowest BCUT2D eigenvalue weighted by Gasteiger charge is -2.31. The fourth-order valence-corrected chi connectivity index (χ4v) is 3.43. The van der Waals surface area contributed by atoms with E-state index in [1.54, 1.807) is 0 Å². The summed E-state index contributed by atoms with van der Waals surface area (Å²) < 4.78 is 6.16. The van der Waals surface area contributed by atoms with E-state index in [4.69, 9.17) is 4.74 Å². The third kappa shape index (κ3) is 9.71. The van der Waals surface area contributed by atoms with Gasteiger partial charge in [-0.1, -0.05) is 105 Å². The molecule has 0 heterocycles. The van der Waals surface area contributed by atoms with Crippen molar-refractivity contribution in [3.63, 3.8) is 0 Å². The predicted molar refractivity (Wildman–Crippen MR) is 110 cm³/mol. The van der Waals surface area contributed by atoms with Gasteiger partial charge >= 0.3 is 0 Å². The van der Waals surface area contributed by atoms with Crippen LogP contribution in [-0.2, 0) is 0 Å². The molecule has 0 saturated heterocycles. The monoisotopic (exact) mass is 396 g/mol. The molecule has 0 radical (unpaired) electrons. The van der Waals surface area contributed by atoms with Crippen molar-refractivity contribution in [1.29, 1.82) is 0 Å². The number of para-hydroxylation sites is 1. The Morgan fingerprint density at radius 3 is 1.88 bits per heavy atom. The first kappa shape index (κ1) is 21.5. The molecule has 1 rings (SSSR count). The zero-order valence-electron chi connectivity index (χ0n) is 16.0. The Labute approximate surface area is 158 Å². The lowest BCUT2D eigenvalue weighted by Crippen LogP contribution is -2.38. The van der Waals surface area contributed by atoms with E-state index in [2.05, 4.69) is 36.7 Å². The molecule has 1 unspecified atom stereocenters. The maximum absolute atomic E-state index is 6.16. The highest BCUT2D eigenvalue weighted by Crippen LogP contribution is 2.29. The average molecular weight is 397 g/mol. The van der Waals surface area contributed by atoms with Gasteiger partial charge in [0.1, 0.15) is 11.4 Å². The normalized spacial score (nSPS) is 13.0. The van der Waals surface area contributed by atoms with Crippen LogP contribution in [0.2, 0.25) is 0 Å². The largest absolute Gasteiger partial charge is 0.487 e. The Morgan fingerprint density at radius 2 is 1.33 bits per heavy atom. The minimum Gasteiger partial charge on any atom is -0.487 e. The predicted octanol–water partition coefficient (Wildman–Crippen LogP) is 7.92. The number of ether oxygens (including phenoxy) is 1. The van der Waals surface area contributed by atoms with E-state index in [1.807, 2.05) is 30.3 Å². The van der Waals surface area contributed by atoms with Crippen molar-refractivity contribution >= 4 is 15.9 Å². The molecule has 0 aliphatic heterocycles. The molecule has 0 bridgehead atoms. The van der Waals surface area contributed by atoms with Gasteiger partial charge in [0, 0.05) is 0 Å². The molecule has 0 N–H and O–H groups in total. The maximum Gasteiger partial charge on any atom is 0.120 e. The van der Waals surface area contributed by atoms with Gasteiger partial charge in [-0.05, 0) is 32.4 Å². The van der Waals surface area contributed by atoms with Crippen molar-refractivity contribution in [3.05, 3.63) is 30.3 Å². The zero-order valence-corrected chi connectivity index (χ0v) is 17.6. The van der Waals surface area contributed by atoms with Crippen molar-refractivity contribution in [1.82, 2.24) is 0 Å². The Bertz CT molecular complexity index is 402. The minimum atomic E-state index is -0.180. The number of unbranched alkanes of at least 4 members (excludes halogenated alkanes) is 9. The summed E-state index contributed by atoms with van der Waals surface area (Å²) in [5.41, 5.74) is -0.180. The summed E-state index contributed by atoms with van der Waals surface area (Å²) in [4.78, 5) is 0.388. The number of hydrogen-bond donors (Lipinski definition) is 0. The van der Waals surface area contributed by atoms with Gasteiger partial charge in [0.25, 0.3) is 0 Å². The topological polar surface area (TPSA) is 9.23 Å². The molecular formula is C22H37BrO. The van der Waals surface area contributed by atoms with E-state index in [-0.39, 0.29) is 5.60 Å². The summed E-state index contributed by atoms with van der Waals surface area (Å²) in [6.45, 7) is 6.63. The smallest absolute Gasteiger partial charge is 0.120 e. The number of benzene rings is 1. The minimum absolute atomic E-state index is 0.180. The summed E-state index contributed by atoms with van der Waals surface area (Å²) in [5.74, 6) is 0.954. The Kier molecular flexibility index (Phi) is 11.5. The number of hydrogen-bond acceptors (Lipinski definition) is 1. The summed E-state index contributed by atoms with van der Waals surface area (Å²) in [6, 6.07) is 10.1. The Morgan fingerprint density at radius 1 is 0.833 bits per heavy atom. The quantitative estimate of drug-likeness (QED) is 0.229. The summed E-state index contributed by atoms with van der Waals surface area (Å²) in [7, 11) is 0. The molecular weight excluding hydrogens is 360 g/mol. The van der Waals surface area contributed by atoms with Gasteiger partial charge in [0.15, 0.2) is 0 Å². The molecule has 2 heteroatoms. The second-order valence-corrected chi connectivity index (χ2v) is 8.56. The van der Waals surface area contributed by atoms with E-state index in [0.29, 0.717) is 4.83 Å². The van der Waals surface area contributed by atoms with Gasteiger partial charge in [-0.25, -0.2) is 0 Å². The van der Waals surface area contributed by atoms with Crippen LogP contribution in [0.3, 0.4) is 0 Å². The maximum atomic E-state index is 6.16. The zero-order chi connectivity index (χ0) is 17.7.